The number of rotatable bonds is 4. The number of hydrogen-bond acceptors (Lipinski definition) is 3. The Labute approximate surface area is 102 Å². The molecule has 1 aliphatic rings. The minimum absolute atomic E-state index is 0.490. The van der Waals surface area contributed by atoms with E-state index in [1.54, 1.807) is 11.3 Å². The summed E-state index contributed by atoms with van der Waals surface area (Å²) in [4.78, 5) is 5.61. The van der Waals surface area contributed by atoms with Crippen molar-refractivity contribution in [2.75, 3.05) is 6.54 Å². The van der Waals surface area contributed by atoms with Crippen LogP contribution in [0.5, 0.6) is 0 Å². The summed E-state index contributed by atoms with van der Waals surface area (Å²) in [5, 5.41) is 4.71. The van der Waals surface area contributed by atoms with Gasteiger partial charge in [0.05, 0.1) is 5.01 Å². The molecule has 1 fully saturated rings. The Hall–Kier alpha value is -0.410. The van der Waals surface area contributed by atoms with Gasteiger partial charge in [-0.15, -0.1) is 11.3 Å². The molecular weight excluding hydrogens is 216 g/mol. The zero-order chi connectivity index (χ0) is 12.0. The number of thiazole rings is 1. The second kappa shape index (κ2) is 3.81. The molecule has 1 heterocycles. The van der Waals surface area contributed by atoms with Gasteiger partial charge in [0.25, 0.3) is 0 Å². The molecule has 0 spiro atoms. The summed E-state index contributed by atoms with van der Waals surface area (Å²) in [6.45, 7) is 13.6. The van der Waals surface area contributed by atoms with Crippen LogP contribution in [0.4, 0.5) is 0 Å². The number of hydrogen-bond donors (Lipinski definition) is 1. The van der Waals surface area contributed by atoms with Crippen LogP contribution in [-0.4, -0.2) is 11.5 Å². The lowest BCUT2D eigenvalue weighted by molar-refractivity contribution is 0.457. The zero-order valence-corrected chi connectivity index (χ0v) is 11.7. The minimum atomic E-state index is 0.490. The van der Waals surface area contributed by atoms with Gasteiger partial charge in [0.15, 0.2) is 0 Å². The average Bonchev–Trinajstić information content (AvgIpc) is 2.53. The van der Waals surface area contributed by atoms with Gasteiger partial charge in [0, 0.05) is 17.6 Å². The van der Waals surface area contributed by atoms with Crippen molar-refractivity contribution in [1.29, 1.82) is 0 Å². The van der Waals surface area contributed by atoms with Crippen LogP contribution < -0.4 is 5.32 Å². The molecule has 1 saturated carbocycles. The van der Waals surface area contributed by atoms with E-state index in [9.17, 15) is 0 Å². The van der Waals surface area contributed by atoms with Crippen molar-refractivity contribution in [3.05, 3.63) is 16.1 Å². The van der Waals surface area contributed by atoms with Crippen molar-refractivity contribution in [3.8, 4) is 0 Å². The van der Waals surface area contributed by atoms with Crippen LogP contribution in [0.15, 0.2) is 6.20 Å². The minimum Gasteiger partial charge on any atom is -0.311 e. The average molecular weight is 238 g/mol. The highest BCUT2D eigenvalue weighted by Gasteiger charge is 2.63. The van der Waals surface area contributed by atoms with E-state index in [1.165, 1.54) is 4.88 Å². The van der Waals surface area contributed by atoms with Gasteiger partial charge in [-0.05, 0) is 30.2 Å². The fourth-order valence-electron chi connectivity index (χ4n) is 2.67. The number of aryl methyl sites for hydroxylation is 1. The number of nitrogens with zero attached hydrogens (tertiary/aromatic N) is 1. The molecule has 0 saturated heterocycles. The standard InChI is InChI=1S/C13H22N2S/c1-9-15-7-10(16-9)6-14-8-11-12(2,3)13(11,4)5/h7,11,14H,6,8H2,1-5H3. The highest BCUT2D eigenvalue weighted by molar-refractivity contribution is 7.11. The van der Waals surface area contributed by atoms with E-state index < -0.39 is 0 Å². The Bertz CT molecular complexity index is 365. The van der Waals surface area contributed by atoms with E-state index in [0.29, 0.717) is 10.8 Å². The first-order valence-electron chi connectivity index (χ1n) is 5.97. The van der Waals surface area contributed by atoms with E-state index >= 15 is 0 Å². The maximum Gasteiger partial charge on any atom is 0.0897 e. The summed E-state index contributed by atoms with van der Waals surface area (Å²) in [6.07, 6.45) is 1.98. The lowest BCUT2D eigenvalue weighted by atomic mass is 10.0. The van der Waals surface area contributed by atoms with Crippen molar-refractivity contribution < 1.29 is 0 Å². The third-order valence-corrected chi connectivity index (χ3v) is 5.55. The molecule has 0 amide bonds. The Morgan fingerprint density at radius 1 is 1.31 bits per heavy atom. The Kier molecular flexibility index (Phi) is 2.87. The van der Waals surface area contributed by atoms with Crippen LogP contribution in [-0.2, 0) is 6.54 Å². The predicted molar refractivity (Wildman–Crippen MR) is 69.6 cm³/mol. The van der Waals surface area contributed by atoms with Gasteiger partial charge < -0.3 is 5.32 Å². The molecule has 1 aliphatic carbocycles. The fourth-order valence-corrected chi connectivity index (χ4v) is 3.43. The van der Waals surface area contributed by atoms with Gasteiger partial charge in [-0.3, -0.25) is 0 Å². The molecule has 2 nitrogen and oxygen atoms in total. The van der Waals surface area contributed by atoms with Crippen molar-refractivity contribution in [3.63, 3.8) is 0 Å². The van der Waals surface area contributed by atoms with E-state index in [0.717, 1.165) is 24.0 Å². The summed E-state index contributed by atoms with van der Waals surface area (Å²) >= 11 is 1.79. The van der Waals surface area contributed by atoms with Gasteiger partial charge in [-0.2, -0.15) is 0 Å². The molecule has 0 unspecified atom stereocenters. The molecule has 1 aromatic heterocycles. The topological polar surface area (TPSA) is 24.9 Å². The van der Waals surface area contributed by atoms with E-state index in [1.807, 2.05) is 6.20 Å². The summed E-state index contributed by atoms with van der Waals surface area (Å²) in [7, 11) is 0. The quantitative estimate of drug-likeness (QED) is 0.871. The molecule has 3 heteroatoms. The Morgan fingerprint density at radius 2 is 1.94 bits per heavy atom. The molecule has 0 radical (unpaired) electrons. The second-order valence-electron chi connectivity index (χ2n) is 5.97. The van der Waals surface area contributed by atoms with Gasteiger partial charge in [0.1, 0.15) is 0 Å². The van der Waals surface area contributed by atoms with E-state index in [2.05, 4.69) is 44.9 Å². The molecule has 1 aromatic rings. The zero-order valence-electron chi connectivity index (χ0n) is 10.9. The van der Waals surface area contributed by atoms with Crippen molar-refractivity contribution in [2.24, 2.45) is 16.7 Å². The largest absolute Gasteiger partial charge is 0.311 e. The van der Waals surface area contributed by atoms with Crippen molar-refractivity contribution in [1.82, 2.24) is 10.3 Å². The molecule has 0 bridgehead atoms. The monoisotopic (exact) mass is 238 g/mol. The SMILES string of the molecule is Cc1ncc(CNCC2C(C)(C)C2(C)C)s1. The number of aromatic nitrogens is 1. The summed E-state index contributed by atoms with van der Waals surface area (Å²) in [5.41, 5.74) is 0.979. The molecule has 0 atom stereocenters. The van der Waals surface area contributed by atoms with Crippen molar-refractivity contribution in [2.45, 2.75) is 41.2 Å². The van der Waals surface area contributed by atoms with Crippen LogP contribution in [0.2, 0.25) is 0 Å². The van der Waals surface area contributed by atoms with Gasteiger partial charge in [-0.1, -0.05) is 27.7 Å². The summed E-state index contributed by atoms with van der Waals surface area (Å²) < 4.78 is 0. The maximum atomic E-state index is 4.27. The van der Waals surface area contributed by atoms with Gasteiger partial charge in [0.2, 0.25) is 0 Å². The molecule has 1 N–H and O–H groups in total. The first-order chi connectivity index (χ1) is 7.35. The van der Waals surface area contributed by atoms with E-state index in [4.69, 9.17) is 0 Å². The Morgan fingerprint density at radius 3 is 2.38 bits per heavy atom. The smallest absolute Gasteiger partial charge is 0.0897 e. The van der Waals surface area contributed by atoms with Crippen LogP contribution in [0.25, 0.3) is 0 Å². The number of nitrogens with one attached hydrogen (secondary N) is 1. The molecular formula is C13H22N2S. The molecule has 2 rings (SSSR count). The predicted octanol–water partition coefficient (Wildman–Crippen LogP) is 3.22. The highest BCUT2D eigenvalue weighted by Crippen LogP contribution is 2.67. The van der Waals surface area contributed by atoms with Crippen molar-refractivity contribution >= 4 is 11.3 Å². The molecule has 16 heavy (non-hydrogen) atoms. The van der Waals surface area contributed by atoms with Crippen LogP contribution in [0, 0.1) is 23.7 Å². The lowest BCUT2D eigenvalue weighted by Crippen LogP contribution is -2.18. The Balaban J connectivity index is 1.78. The van der Waals surface area contributed by atoms with Crippen LogP contribution >= 0.6 is 11.3 Å². The lowest BCUT2D eigenvalue weighted by Gasteiger charge is -2.04. The molecule has 90 valence electrons. The maximum absolute atomic E-state index is 4.27. The third-order valence-electron chi connectivity index (χ3n) is 4.64. The molecule has 0 aliphatic heterocycles. The molecule has 0 aromatic carbocycles. The van der Waals surface area contributed by atoms with Crippen LogP contribution in [0.3, 0.4) is 0 Å². The van der Waals surface area contributed by atoms with Gasteiger partial charge in [-0.25, -0.2) is 4.98 Å². The van der Waals surface area contributed by atoms with Gasteiger partial charge >= 0.3 is 0 Å². The summed E-state index contributed by atoms with van der Waals surface area (Å²) in [6, 6.07) is 0. The first kappa shape index (κ1) is 12.1. The fraction of sp³-hybridized carbons (Fsp3) is 0.769. The second-order valence-corrected chi connectivity index (χ2v) is 7.29. The van der Waals surface area contributed by atoms with E-state index in [-0.39, 0.29) is 0 Å². The first-order valence-corrected chi connectivity index (χ1v) is 6.79. The highest BCUT2D eigenvalue weighted by atomic mass is 32.1. The summed E-state index contributed by atoms with van der Waals surface area (Å²) in [5.74, 6) is 0.800. The van der Waals surface area contributed by atoms with Crippen LogP contribution in [0.1, 0.15) is 37.6 Å². The third kappa shape index (κ3) is 1.91. The normalized spacial score (nSPS) is 22.3.